The zero-order chi connectivity index (χ0) is 23.8. The van der Waals surface area contributed by atoms with Crippen LogP contribution in [0.4, 0.5) is 4.79 Å². The molecular weight excluding hydrogens is 442 g/mol. The number of likely N-dealkylation sites (tertiary alicyclic amines) is 1. The Morgan fingerprint density at radius 3 is 2.63 bits per heavy atom. The second kappa shape index (κ2) is 9.58. The Hall–Kier alpha value is -2.98. The fraction of sp³-hybridized carbons (Fsp3) is 0.600. The Morgan fingerprint density at radius 2 is 1.83 bits per heavy atom. The molecule has 5 heterocycles. The first-order valence-corrected chi connectivity index (χ1v) is 13.0. The summed E-state index contributed by atoms with van der Waals surface area (Å²) in [6.07, 6.45) is 13.1. The van der Waals surface area contributed by atoms with Crippen LogP contribution in [0.3, 0.4) is 0 Å². The third kappa shape index (κ3) is 4.18. The summed E-state index contributed by atoms with van der Waals surface area (Å²) in [5, 5.41) is 5.74. The number of nitrogens with one attached hydrogen (secondary N) is 1. The molecule has 3 atom stereocenters. The van der Waals surface area contributed by atoms with E-state index in [1.54, 1.807) is 6.33 Å². The average Bonchev–Trinajstić information content (AvgIpc) is 3.57. The van der Waals surface area contributed by atoms with E-state index in [1.165, 1.54) is 6.42 Å². The van der Waals surface area contributed by atoms with Gasteiger partial charge in [-0.3, -0.25) is 9.58 Å². The number of piperazine rings is 1. The summed E-state index contributed by atoms with van der Waals surface area (Å²) in [7, 11) is 0. The molecule has 0 bridgehead atoms. The van der Waals surface area contributed by atoms with Crippen molar-refractivity contribution in [2.75, 3.05) is 45.8 Å². The van der Waals surface area contributed by atoms with E-state index < -0.39 is 0 Å². The van der Waals surface area contributed by atoms with Crippen molar-refractivity contribution in [1.82, 2.24) is 39.4 Å². The van der Waals surface area contributed by atoms with Crippen molar-refractivity contribution in [1.29, 1.82) is 0 Å². The fourth-order valence-electron chi connectivity index (χ4n) is 6.23. The smallest absolute Gasteiger partial charge is 0.320 e. The lowest BCUT2D eigenvalue weighted by molar-refractivity contribution is -0.0191. The SMILES string of the molecule is NCCC1C(N2CCN(C(=O)N3CCCCC3)CC2)CC1n1cc(-c2ncnc3[nH]ccc23)cn1. The third-order valence-corrected chi connectivity index (χ3v) is 8.22. The van der Waals surface area contributed by atoms with Crippen LogP contribution in [0.25, 0.3) is 22.3 Å². The quantitative estimate of drug-likeness (QED) is 0.583. The predicted molar refractivity (Wildman–Crippen MR) is 134 cm³/mol. The van der Waals surface area contributed by atoms with Crippen molar-refractivity contribution in [3.05, 3.63) is 31.0 Å². The van der Waals surface area contributed by atoms with Crippen molar-refractivity contribution in [2.45, 2.75) is 44.2 Å². The first-order valence-electron chi connectivity index (χ1n) is 13.0. The monoisotopic (exact) mass is 477 g/mol. The van der Waals surface area contributed by atoms with Gasteiger partial charge in [-0.25, -0.2) is 14.8 Å². The zero-order valence-electron chi connectivity index (χ0n) is 20.2. The minimum absolute atomic E-state index is 0.236. The molecule has 3 fully saturated rings. The lowest BCUT2D eigenvalue weighted by atomic mass is 9.71. The van der Waals surface area contributed by atoms with E-state index in [4.69, 9.17) is 10.8 Å². The van der Waals surface area contributed by atoms with Gasteiger partial charge in [0.1, 0.15) is 12.0 Å². The van der Waals surface area contributed by atoms with Gasteiger partial charge in [-0.2, -0.15) is 5.10 Å². The number of urea groups is 1. The van der Waals surface area contributed by atoms with Crippen LogP contribution in [-0.4, -0.2) is 97.3 Å². The molecule has 0 aromatic carbocycles. The number of piperidine rings is 1. The van der Waals surface area contributed by atoms with E-state index in [1.807, 2.05) is 23.4 Å². The molecule has 1 saturated carbocycles. The van der Waals surface area contributed by atoms with E-state index in [9.17, 15) is 4.79 Å². The Kier molecular flexibility index (Phi) is 6.15. The van der Waals surface area contributed by atoms with Crippen LogP contribution in [0.1, 0.15) is 38.1 Å². The number of rotatable bonds is 5. The Morgan fingerprint density at radius 1 is 1.03 bits per heavy atom. The number of carbonyl (C=O) groups excluding carboxylic acids is 1. The van der Waals surface area contributed by atoms with Gasteiger partial charge in [0.2, 0.25) is 0 Å². The molecule has 3 aromatic heterocycles. The molecule has 3 aromatic rings. The van der Waals surface area contributed by atoms with Crippen LogP contribution in [0.2, 0.25) is 0 Å². The number of H-pyrrole nitrogens is 1. The maximum atomic E-state index is 12.9. The average molecular weight is 478 g/mol. The predicted octanol–water partition coefficient (Wildman–Crippen LogP) is 2.32. The lowest BCUT2D eigenvalue weighted by Crippen LogP contribution is -2.60. The zero-order valence-corrected chi connectivity index (χ0v) is 20.2. The fourth-order valence-corrected chi connectivity index (χ4v) is 6.23. The molecule has 1 aliphatic carbocycles. The van der Waals surface area contributed by atoms with Crippen LogP contribution >= 0.6 is 0 Å². The van der Waals surface area contributed by atoms with E-state index in [2.05, 4.69) is 35.6 Å². The number of nitrogens with two attached hydrogens (primary N) is 1. The number of amides is 2. The normalized spacial score (nSPS) is 25.7. The molecule has 0 spiro atoms. The number of nitrogens with zero attached hydrogens (tertiary/aromatic N) is 7. The van der Waals surface area contributed by atoms with Gasteiger partial charge in [-0.05, 0) is 50.6 Å². The van der Waals surface area contributed by atoms with Gasteiger partial charge < -0.3 is 20.5 Å². The number of fused-ring (bicyclic) bond motifs is 1. The highest BCUT2D eigenvalue weighted by atomic mass is 16.2. The molecular formula is C25H35N9O. The van der Waals surface area contributed by atoms with Crippen molar-refractivity contribution >= 4 is 17.1 Å². The van der Waals surface area contributed by atoms with Gasteiger partial charge in [0.15, 0.2) is 0 Å². The summed E-state index contributed by atoms with van der Waals surface area (Å²) in [5.41, 5.74) is 8.79. The van der Waals surface area contributed by atoms with E-state index >= 15 is 0 Å². The highest BCUT2D eigenvalue weighted by molar-refractivity contribution is 5.90. The lowest BCUT2D eigenvalue weighted by Gasteiger charge is -2.52. The molecule has 3 unspecified atom stereocenters. The van der Waals surface area contributed by atoms with Gasteiger partial charge in [0.05, 0.1) is 17.9 Å². The largest absolute Gasteiger partial charge is 0.346 e. The van der Waals surface area contributed by atoms with E-state index in [0.717, 1.165) is 87.2 Å². The van der Waals surface area contributed by atoms with Crippen molar-refractivity contribution < 1.29 is 4.79 Å². The van der Waals surface area contributed by atoms with Gasteiger partial charge in [0.25, 0.3) is 0 Å². The number of aromatic amines is 1. The van der Waals surface area contributed by atoms with Crippen molar-refractivity contribution in [3.8, 4) is 11.3 Å². The minimum atomic E-state index is 0.236. The number of hydrogen-bond donors (Lipinski definition) is 2. The Labute approximate surface area is 205 Å². The second-order valence-electron chi connectivity index (χ2n) is 10.1. The maximum Gasteiger partial charge on any atom is 0.320 e. The highest BCUT2D eigenvalue weighted by Gasteiger charge is 2.46. The van der Waals surface area contributed by atoms with Crippen LogP contribution in [0.5, 0.6) is 0 Å². The first-order chi connectivity index (χ1) is 17.2. The summed E-state index contributed by atoms with van der Waals surface area (Å²) in [6.45, 7) is 6.02. The summed E-state index contributed by atoms with van der Waals surface area (Å²) in [5.74, 6) is 0.467. The minimum Gasteiger partial charge on any atom is -0.346 e. The van der Waals surface area contributed by atoms with Gasteiger partial charge in [-0.1, -0.05) is 0 Å². The van der Waals surface area contributed by atoms with Gasteiger partial charge in [0, 0.05) is 68.7 Å². The topological polar surface area (TPSA) is 112 Å². The molecule has 3 N–H and O–H groups in total. The number of carbonyl (C=O) groups is 1. The second-order valence-corrected chi connectivity index (χ2v) is 10.1. The first kappa shape index (κ1) is 22.5. The maximum absolute atomic E-state index is 12.9. The standard InChI is InChI=1S/C25H35N9O/c26-6-4-19-21(31-10-12-33(13-11-31)25(35)32-8-2-1-3-9-32)14-22(19)34-16-18(15-30-34)23-20-5-7-27-24(20)29-17-28-23/h5,7,15-17,19,21-22H,1-4,6,8-14,26H2,(H,27,28,29). The van der Waals surface area contributed by atoms with E-state index in [-0.39, 0.29) is 6.03 Å². The van der Waals surface area contributed by atoms with Crippen LogP contribution in [0, 0.1) is 5.92 Å². The Balaban J connectivity index is 1.10. The highest BCUT2D eigenvalue weighted by Crippen LogP contribution is 2.44. The molecule has 2 amide bonds. The molecule has 10 heteroatoms. The van der Waals surface area contributed by atoms with Crippen LogP contribution < -0.4 is 5.73 Å². The number of hydrogen-bond acceptors (Lipinski definition) is 6. The molecule has 2 saturated heterocycles. The summed E-state index contributed by atoms with van der Waals surface area (Å²) < 4.78 is 2.11. The number of aromatic nitrogens is 5. The van der Waals surface area contributed by atoms with Crippen molar-refractivity contribution in [3.63, 3.8) is 0 Å². The third-order valence-electron chi connectivity index (χ3n) is 8.22. The van der Waals surface area contributed by atoms with Gasteiger partial charge in [-0.15, -0.1) is 0 Å². The molecule has 2 aliphatic heterocycles. The summed E-state index contributed by atoms with van der Waals surface area (Å²) in [6, 6.07) is 3.08. The van der Waals surface area contributed by atoms with Crippen molar-refractivity contribution in [2.24, 2.45) is 11.7 Å². The summed E-state index contributed by atoms with van der Waals surface area (Å²) in [4.78, 5) is 31.5. The molecule has 35 heavy (non-hydrogen) atoms. The van der Waals surface area contributed by atoms with Crippen LogP contribution in [0.15, 0.2) is 31.0 Å². The van der Waals surface area contributed by atoms with E-state index in [0.29, 0.717) is 24.5 Å². The summed E-state index contributed by atoms with van der Waals surface area (Å²) >= 11 is 0. The molecule has 3 aliphatic rings. The molecule has 10 nitrogen and oxygen atoms in total. The van der Waals surface area contributed by atoms with Crippen LogP contribution in [-0.2, 0) is 0 Å². The Bertz CT molecular complexity index is 1160. The van der Waals surface area contributed by atoms with Gasteiger partial charge >= 0.3 is 6.03 Å². The molecule has 6 rings (SSSR count). The molecule has 0 radical (unpaired) electrons. The molecule has 186 valence electrons.